The molecule has 0 aliphatic rings. The lowest BCUT2D eigenvalue weighted by atomic mass is 10.1. The van der Waals surface area contributed by atoms with Crippen LogP contribution < -0.4 is 9.56 Å². The fraction of sp³-hybridized carbons (Fsp3) is 0.250. The van der Waals surface area contributed by atoms with Gasteiger partial charge in [0.2, 0.25) is 6.20 Å². The predicted molar refractivity (Wildman–Crippen MR) is 87.0 cm³/mol. The smallest absolute Gasteiger partial charge is 0.280 e. The van der Waals surface area contributed by atoms with Crippen LogP contribution in [0.5, 0.6) is 0 Å². The molecule has 122 valence electrons. The number of hydrogen-bond acceptors (Lipinski definition) is 4. The molecule has 0 unspecified atom stereocenters. The van der Waals surface area contributed by atoms with Crippen LogP contribution in [0.4, 0.5) is 0 Å². The standard InChI is InChI=1S/C16H19N3O3S/c1-11-9-12(2)16(13(3)10-11)23(21,22)18-17-14(4)15-7-5-6-8-19(15)20/h5-10,20H,1-4H3/p+1. The summed E-state index contributed by atoms with van der Waals surface area (Å²) in [4.78, 5) is 2.46. The van der Waals surface area contributed by atoms with E-state index in [0.29, 0.717) is 22.5 Å². The SMILES string of the molecule is C/C(=N\NS(=O)(=O)c1c(C)cc(C)cc1C)c1cccc[n+]1O. The van der Waals surface area contributed by atoms with Crippen LogP contribution in [0.25, 0.3) is 0 Å². The second-order valence-corrected chi connectivity index (χ2v) is 7.05. The Labute approximate surface area is 136 Å². The van der Waals surface area contributed by atoms with Crippen molar-refractivity contribution in [1.29, 1.82) is 0 Å². The van der Waals surface area contributed by atoms with Gasteiger partial charge in [0.15, 0.2) is 0 Å². The van der Waals surface area contributed by atoms with Gasteiger partial charge in [-0.25, -0.2) is 0 Å². The lowest BCUT2D eigenvalue weighted by Gasteiger charge is -2.11. The van der Waals surface area contributed by atoms with E-state index in [9.17, 15) is 13.6 Å². The van der Waals surface area contributed by atoms with Gasteiger partial charge >= 0.3 is 0 Å². The molecule has 0 spiro atoms. The van der Waals surface area contributed by atoms with Crippen molar-refractivity contribution >= 4 is 15.7 Å². The monoisotopic (exact) mass is 334 g/mol. The Hall–Kier alpha value is -2.41. The molecule has 1 heterocycles. The van der Waals surface area contributed by atoms with Crippen molar-refractivity contribution in [3.8, 4) is 0 Å². The molecule has 0 fully saturated rings. The zero-order valence-electron chi connectivity index (χ0n) is 13.5. The fourth-order valence-corrected chi connectivity index (χ4v) is 3.86. The van der Waals surface area contributed by atoms with E-state index in [4.69, 9.17) is 0 Å². The van der Waals surface area contributed by atoms with E-state index in [2.05, 4.69) is 9.93 Å². The van der Waals surface area contributed by atoms with Crippen LogP contribution in [0.15, 0.2) is 46.5 Å². The molecule has 2 N–H and O–H groups in total. The molecule has 6 nitrogen and oxygen atoms in total. The number of hydrogen-bond donors (Lipinski definition) is 2. The molecule has 0 saturated heterocycles. The average Bonchev–Trinajstić information content (AvgIpc) is 2.44. The van der Waals surface area contributed by atoms with E-state index in [0.717, 1.165) is 10.3 Å². The number of sulfonamides is 1. The van der Waals surface area contributed by atoms with Crippen molar-refractivity contribution in [2.45, 2.75) is 32.6 Å². The number of hydrazone groups is 1. The third kappa shape index (κ3) is 3.68. The quantitative estimate of drug-likeness (QED) is 0.387. The van der Waals surface area contributed by atoms with Gasteiger partial charge in [0, 0.05) is 16.9 Å². The number of benzene rings is 1. The van der Waals surface area contributed by atoms with Gasteiger partial charge in [0.05, 0.1) is 4.90 Å². The van der Waals surface area contributed by atoms with E-state index >= 15 is 0 Å². The second-order valence-electron chi connectivity index (χ2n) is 5.45. The number of nitrogens with zero attached hydrogens (tertiary/aromatic N) is 2. The lowest BCUT2D eigenvalue weighted by Crippen LogP contribution is -2.37. The minimum atomic E-state index is -3.78. The molecule has 0 radical (unpaired) electrons. The maximum Gasteiger partial charge on any atom is 0.280 e. The molecule has 1 aromatic heterocycles. The first-order chi connectivity index (χ1) is 10.7. The zero-order chi connectivity index (χ0) is 17.2. The van der Waals surface area contributed by atoms with Crippen molar-refractivity contribution < 1.29 is 18.4 Å². The number of rotatable bonds is 4. The summed E-state index contributed by atoms with van der Waals surface area (Å²) in [7, 11) is -3.78. The first kappa shape index (κ1) is 17.0. The molecule has 0 aliphatic carbocycles. The highest BCUT2D eigenvalue weighted by molar-refractivity contribution is 7.89. The molecule has 2 rings (SSSR count). The van der Waals surface area contributed by atoms with Crippen molar-refractivity contribution in [3.05, 3.63) is 58.9 Å². The Kier molecular flexibility index (Phi) is 4.70. The second kappa shape index (κ2) is 6.37. The van der Waals surface area contributed by atoms with Crippen LogP contribution in [0.1, 0.15) is 29.3 Å². The first-order valence-electron chi connectivity index (χ1n) is 7.06. The van der Waals surface area contributed by atoms with Crippen LogP contribution in [-0.4, -0.2) is 19.3 Å². The Morgan fingerprint density at radius 3 is 2.35 bits per heavy atom. The van der Waals surface area contributed by atoms with Crippen LogP contribution in [-0.2, 0) is 10.0 Å². The van der Waals surface area contributed by atoms with Gasteiger partial charge in [-0.2, -0.15) is 18.4 Å². The highest BCUT2D eigenvalue weighted by Gasteiger charge is 2.20. The van der Waals surface area contributed by atoms with E-state index in [1.807, 2.05) is 19.1 Å². The highest BCUT2D eigenvalue weighted by atomic mass is 32.2. The maximum atomic E-state index is 12.5. The third-order valence-electron chi connectivity index (χ3n) is 3.42. The molecule has 1 aromatic carbocycles. The van der Waals surface area contributed by atoms with Crippen molar-refractivity contribution in [2.75, 3.05) is 0 Å². The molecule has 2 aromatic rings. The molecule has 0 bridgehead atoms. The summed E-state index contributed by atoms with van der Waals surface area (Å²) in [5.74, 6) is 0. The van der Waals surface area contributed by atoms with Gasteiger partial charge in [-0.3, -0.25) is 5.21 Å². The minimum absolute atomic E-state index is 0.226. The minimum Gasteiger partial charge on any atom is -0.284 e. The van der Waals surface area contributed by atoms with E-state index in [1.54, 1.807) is 39.0 Å². The normalized spacial score (nSPS) is 12.3. The van der Waals surface area contributed by atoms with Gasteiger partial charge in [0.1, 0.15) is 5.71 Å². The molecule has 0 saturated carbocycles. The zero-order valence-corrected chi connectivity index (χ0v) is 14.3. The molecule has 0 amide bonds. The summed E-state index contributed by atoms with van der Waals surface area (Å²) in [6.07, 6.45) is 1.44. The first-order valence-corrected chi connectivity index (χ1v) is 8.55. The number of aromatic nitrogens is 1. The Morgan fingerprint density at radius 1 is 1.17 bits per heavy atom. The predicted octanol–water partition coefficient (Wildman–Crippen LogP) is 1.84. The van der Waals surface area contributed by atoms with E-state index in [-0.39, 0.29) is 4.90 Å². The van der Waals surface area contributed by atoms with Crippen LogP contribution in [0.3, 0.4) is 0 Å². The van der Waals surface area contributed by atoms with Gasteiger partial charge < -0.3 is 0 Å². The number of nitrogens with one attached hydrogen (secondary N) is 1. The van der Waals surface area contributed by atoms with Crippen LogP contribution in [0.2, 0.25) is 0 Å². The third-order valence-corrected chi connectivity index (χ3v) is 4.93. The summed E-state index contributed by atoms with van der Waals surface area (Å²) in [5, 5.41) is 13.6. The van der Waals surface area contributed by atoms with Gasteiger partial charge in [-0.05, 0) is 44.9 Å². The highest BCUT2D eigenvalue weighted by Crippen LogP contribution is 2.21. The Morgan fingerprint density at radius 2 is 1.78 bits per heavy atom. The Bertz CT molecular complexity index is 851. The van der Waals surface area contributed by atoms with E-state index in [1.165, 1.54) is 6.20 Å². The molecule has 23 heavy (non-hydrogen) atoms. The summed E-state index contributed by atoms with van der Waals surface area (Å²) in [6.45, 7) is 7.04. The number of aryl methyl sites for hydroxylation is 3. The van der Waals surface area contributed by atoms with E-state index < -0.39 is 10.0 Å². The van der Waals surface area contributed by atoms with Crippen molar-refractivity contribution in [2.24, 2.45) is 5.10 Å². The Balaban J connectivity index is 2.36. The van der Waals surface area contributed by atoms with Crippen LogP contribution in [0, 0.1) is 20.8 Å². The summed E-state index contributed by atoms with van der Waals surface area (Å²) >= 11 is 0. The molecular formula is C16H20N3O3S+. The summed E-state index contributed by atoms with van der Waals surface area (Å²) < 4.78 is 25.9. The molecule has 0 aliphatic heterocycles. The van der Waals surface area contributed by atoms with Crippen LogP contribution >= 0.6 is 0 Å². The van der Waals surface area contributed by atoms with Gasteiger partial charge in [0.25, 0.3) is 15.7 Å². The average molecular weight is 334 g/mol. The lowest BCUT2D eigenvalue weighted by molar-refractivity contribution is -0.905. The summed E-state index contributed by atoms with van der Waals surface area (Å²) in [5.41, 5.74) is 3.08. The topological polar surface area (TPSA) is 82.6 Å². The number of pyridine rings is 1. The maximum absolute atomic E-state index is 12.5. The van der Waals surface area contributed by atoms with Gasteiger partial charge in [-0.15, -0.1) is 0 Å². The van der Waals surface area contributed by atoms with Gasteiger partial charge in [-0.1, -0.05) is 17.7 Å². The molecule has 7 heteroatoms. The van der Waals surface area contributed by atoms with Crippen molar-refractivity contribution in [1.82, 2.24) is 4.83 Å². The summed E-state index contributed by atoms with van der Waals surface area (Å²) in [6, 6.07) is 8.65. The fourth-order valence-electron chi connectivity index (χ4n) is 2.54. The largest absolute Gasteiger partial charge is 0.284 e. The molecule has 0 atom stereocenters. The molecular weight excluding hydrogens is 314 g/mol. The van der Waals surface area contributed by atoms with Crippen molar-refractivity contribution in [3.63, 3.8) is 0 Å².